The van der Waals surface area contributed by atoms with Crippen LogP contribution in [0.1, 0.15) is 36.4 Å². The second-order valence-corrected chi connectivity index (χ2v) is 5.42. The van der Waals surface area contributed by atoms with E-state index in [0.717, 1.165) is 49.4 Å². The van der Waals surface area contributed by atoms with Gasteiger partial charge in [-0.15, -0.1) is 0 Å². The van der Waals surface area contributed by atoms with Crippen molar-refractivity contribution in [2.24, 2.45) is 0 Å². The Bertz CT molecular complexity index is 560. The molecule has 1 fully saturated rings. The highest BCUT2D eigenvalue weighted by atomic mass is 16.5. The molecule has 0 amide bonds. The lowest BCUT2D eigenvalue weighted by Crippen LogP contribution is -2.26. The topological polar surface area (TPSA) is 62.8 Å². The average Bonchev–Trinajstić information content (AvgIpc) is 2.91. The zero-order valence-electron chi connectivity index (χ0n) is 12.0. The largest absolute Gasteiger partial charge is 0.385 e. The molecule has 0 aliphatic carbocycles. The maximum absolute atomic E-state index is 5.09. The third kappa shape index (κ3) is 2.83. The first-order valence-corrected chi connectivity index (χ1v) is 7.41. The summed E-state index contributed by atoms with van der Waals surface area (Å²) in [6.45, 7) is 2.96. The van der Waals surface area contributed by atoms with E-state index < -0.39 is 0 Å². The fourth-order valence-corrected chi connectivity index (χ4v) is 2.91. The fraction of sp³-hybridized carbons (Fsp3) is 0.600. The summed E-state index contributed by atoms with van der Waals surface area (Å²) in [4.78, 5) is 12.6. The van der Waals surface area contributed by atoms with Crippen molar-refractivity contribution in [2.45, 2.75) is 31.6 Å². The highest BCUT2D eigenvalue weighted by molar-refractivity contribution is 5.75. The van der Waals surface area contributed by atoms with Gasteiger partial charge in [0.25, 0.3) is 0 Å². The monoisotopic (exact) mass is 274 g/mol. The van der Waals surface area contributed by atoms with Crippen molar-refractivity contribution in [1.82, 2.24) is 20.3 Å². The average molecular weight is 274 g/mol. The Hall–Kier alpha value is -1.46. The predicted molar refractivity (Wildman–Crippen MR) is 78.9 cm³/mol. The van der Waals surface area contributed by atoms with Gasteiger partial charge in [0, 0.05) is 25.5 Å². The van der Waals surface area contributed by atoms with E-state index in [1.54, 1.807) is 7.11 Å². The summed E-state index contributed by atoms with van der Waals surface area (Å²) in [6.07, 6.45) is 8.25. The van der Waals surface area contributed by atoms with Crippen molar-refractivity contribution in [3.8, 4) is 0 Å². The number of hydrogen-bond acceptors (Lipinski definition) is 4. The van der Waals surface area contributed by atoms with Gasteiger partial charge in [-0.3, -0.25) is 0 Å². The van der Waals surface area contributed by atoms with Crippen molar-refractivity contribution in [2.75, 3.05) is 26.8 Å². The molecule has 1 aliphatic heterocycles. The van der Waals surface area contributed by atoms with E-state index in [1.165, 1.54) is 18.4 Å². The number of methoxy groups -OCH3 is 1. The fourth-order valence-electron chi connectivity index (χ4n) is 2.91. The number of aromatic nitrogens is 3. The van der Waals surface area contributed by atoms with E-state index >= 15 is 0 Å². The Labute approximate surface area is 119 Å². The number of rotatable bonds is 5. The molecule has 2 N–H and O–H groups in total. The van der Waals surface area contributed by atoms with Gasteiger partial charge in [-0.25, -0.2) is 9.97 Å². The Kier molecular flexibility index (Phi) is 4.28. The normalized spacial score (nSPS) is 16.9. The van der Waals surface area contributed by atoms with Gasteiger partial charge in [0.2, 0.25) is 0 Å². The number of ether oxygens (including phenoxy) is 1. The van der Waals surface area contributed by atoms with Crippen molar-refractivity contribution < 1.29 is 4.74 Å². The van der Waals surface area contributed by atoms with Crippen LogP contribution in [-0.4, -0.2) is 41.8 Å². The molecule has 0 saturated carbocycles. The lowest BCUT2D eigenvalue weighted by molar-refractivity contribution is 0.195. The maximum atomic E-state index is 5.09. The van der Waals surface area contributed by atoms with Crippen LogP contribution in [-0.2, 0) is 11.2 Å². The Morgan fingerprint density at radius 1 is 1.35 bits per heavy atom. The van der Waals surface area contributed by atoms with E-state index in [9.17, 15) is 0 Å². The van der Waals surface area contributed by atoms with Crippen molar-refractivity contribution in [3.05, 3.63) is 23.7 Å². The second-order valence-electron chi connectivity index (χ2n) is 5.42. The Morgan fingerprint density at radius 2 is 2.20 bits per heavy atom. The molecule has 0 radical (unpaired) electrons. The summed E-state index contributed by atoms with van der Waals surface area (Å²) in [6, 6.07) is 0. The van der Waals surface area contributed by atoms with Crippen LogP contribution in [0.5, 0.6) is 0 Å². The summed E-state index contributed by atoms with van der Waals surface area (Å²) in [5.74, 6) is 0.605. The van der Waals surface area contributed by atoms with E-state index in [4.69, 9.17) is 9.72 Å². The van der Waals surface area contributed by atoms with E-state index in [-0.39, 0.29) is 0 Å². The molecule has 3 rings (SSSR count). The van der Waals surface area contributed by atoms with Crippen LogP contribution >= 0.6 is 0 Å². The third-order valence-corrected chi connectivity index (χ3v) is 4.02. The molecule has 0 spiro atoms. The SMILES string of the molecule is COCCCc1cnc2[nH]cc(C3CCNCC3)c2n1. The maximum Gasteiger partial charge on any atom is 0.156 e. The van der Waals surface area contributed by atoms with E-state index in [0.29, 0.717) is 5.92 Å². The van der Waals surface area contributed by atoms with Gasteiger partial charge in [-0.05, 0) is 44.7 Å². The molecule has 0 aromatic carbocycles. The van der Waals surface area contributed by atoms with Crippen molar-refractivity contribution in [3.63, 3.8) is 0 Å². The number of aryl methyl sites for hydroxylation is 1. The molecule has 2 aromatic rings. The van der Waals surface area contributed by atoms with Gasteiger partial charge in [-0.1, -0.05) is 0 Å². The number of aromatic amines is 1. The van der Waals surface area contributed by atoms with Crippen LogP contribution in [0.2, 0.25) is 0 Å². The van der Waals surface area contributed by atoms with Gasteiger partial charge < -0.3 is 15.0 Å². The van der Waals surface area contributed by atoms with Crippen LogP contribution in [0, 0.1) is 0 Å². The molecule has 0 unspecified atom stereocenters. The molecule has 3 heterocycles. The lowest BCUT2D eigenvalue weighted by Gasteiger charge is -2.21. The molecule has 1 aliphatic rings. The molecular weight excluding hydrogens is 252 g/mol. The van der Waals surface area contributed by atoms with E-state index in [1.807, 2.05) is 6.20 Å². The Balaban J connectivity index is 1.83. The van der Waals surface area contributed by atoms with Gasteiger partial charge in [-0.2, -0.15) is 0 Å². The van der Waals surface area contributed by atoms with Gasteiger partial charge in [0.05, 0.1) is 11.9 Å². The first-order valence-electron chi connectivity index (χ1n) is 7.41. The molecular formula is C15H22N4O. The predicted octanol–water partition coefficient (Wildman–Crippen LogP) is 2.00. The number of piperidine rings is 1. The highest BCUT2D eigenvalue weighted by Gasteiger charge is 2.19. The second kappa shape index (κ2) is 6.33. The minimum Gasteiger partial charge on any atom is -0.385 e. The number of hydrogen-bond donors (Lipinski definition) is 2. The van der Waals surface area contributed by atoms with Gasteiger partial charge in [0.1, 0.15) is 5.52 Å². The quantitative estimate of drug-likeness (QED) is 0.819. The molecule has 5 heteroatoms. The number of fused-ring (bicyclic) bond motifs is 1. The highest BCUT2D eigenvalue weighted by Crippen LogP contribution is 2.29. The van der Waals surface area contributed by atoms with Crippen molar-refractivity contribution >= 4 is 11.2 Å². The van der Waals surface area contributed by atoms with E-state index in [2.05, 4.69) is 21.5 Å². The minimum absolute atomic E-state index is 0.605. The summed E-state index contributed by atoms with van der Waals surface area (Å²) in [7, 11) is 1.73. The summed E-state index contributed by atoms with van der Waals surface area (Å²) in [5, 5.41) is 3.41. The van der Waals surface area contributed by atoms with Gasteiger partial charge in [0.15, 0.2) is 5.65 Å². The smallest absolute Gasteiger partial charge is 0.156 e. The van der Waals surface area contributed by atoms with Gasteiger partial charge >= 0.3 is 0 Å². The number of nitrogens with zero attached hydrogens (tertiary/aromatic N) is 2. The standard InChI is InChI=1S/C15H22N4O/c1-20-8-2-3-12-9-17-15-14(19-12)13(10-18-15)11-4-6-16-7-5-11/h9-11,16H,2-8H2,1H3,(H,17,18). The Morgan fingerprint density at radius 3 is 3.00 bits per heavy atom. The van der Waals surface area contributed by atoms with Crippen LogP contribution in [0.3, 0.4) is 0 Å². The molecule has 108 valence electrons. The molecule has 2 aromatic heterocycles. The molecule has 0 atom stereocenters. The zero-order valence-corrected chi connectivity index (χ0v) is 12.0. The summed E-state index contributed by atoms with van der Waals surface area (Å²) < 4.78 is 5.09. The zero-order chi connectivity index (χ0) is 13.8. The van der Waals surface area contributed by atoms with Crippen LogP contribution in [0.15, 0.2) is 12.4 Å². The molecule has 5 nitrogen and oxygen atoms in total. The first kappa shape index (κ1) is 13.5. The summed E-state index contributed by atoms with van der Waals surface area (Å²) >= 11 is 0. The number of nitrogens with one attached hydrogen (secondary N) is 2. The van der Waals surface area contributed by atoms with Crippen LogP contribution in [0.25, 0.3) is 11.2 Å². The number of H-pyrrole nitrogens is 1. The molecule has 0 bridgehead atoms. The van der Waals surface area contributed by atoms with Crippen LogP contribution in [0.4, 0.5) is 0 Å². The summed E-state index contributed by atoms with van der Waals surface area (Å²) in [5.41, 5.74) is 4.37. The first-order chi connectivity index (χ1) is 9.88. The molecule has 1 saturated heterocycles. The third-order valence-electron chi connectivity index (χ3n) is 4.02. The van der Waals surface area contributed by atoms with Crippen LogP contribution < -0.4 is 5.32 Å². The molecule has 20 heavy (non-hydrogen) atoms. The lowest BCUT2D eigenvalue weighted by atomic mass is 9.91. The van der Waals surface area contributed by atoms with Crippen molar-refractivity contribution in [1.29, 1.82) is 0 Å². The minimum atomic E-state index is 0.605.